The van der Waals surface area contributed by atoms with E-state index in [-0.39, 0.29) is 0 Å². The van der Waals surface area contributed by atoms with Crippen molar-refractivity contribution in [1.82, 2.24) is 0 Å². The standard InChI is InChI=1S/C25H29N/c1-21(2)24-14-9-15-25(20-24)26(18-16-22-10-5-3-6-11-22)19-17-23-12-7-4-8-13-23/h3-15,20-21H,16-19H2,1-2H3. The zero-order valence-electron chi connectivity index (χ0n) is 15.9. The quantitative estimate of drug-likeness (QED) is 0.477. The zero-order valence-corrected chi connectivity index (χ0v) is 15.9. The molecule has 3 aromatic rings. The molecule has 3 rings (SSSR count). The van der Waals surface area contributed by atoms with Crippen LogP contribution in [0.25, 0.3) is 0 Å². The number of nitrogens with zero attached hydrogens (tertiary/aromatic N) is 1. The first-order chi connectivity index (χ1) is 12.7. The number of rotatable bonds is 8. The Morgan fingerprint density at radius 1 is 0.654 bits per heavy atom. The van der Waals surface area contributed by atoms with Gasteiger partial charge in [0.15, 0.2) is 0 Å². The van der Waals surface area contributed by atoms with E-state index in [4.69, 9.17) is 0 Å². The molecule has 0 heterocycles. The third-order valence-corrected chi connectivity index (χ3v) is 4.93. The summed E-state index contributed by atoms with van der Waals surface area (Å²) in [5.74, 6) is 0.556. The molecule has 26 heavy (non-hydrogen) atoms. The lowest BCUT2D eigenvalue weighted by Gasteiger charge is -2.26. The van der Waals surface area contributed by atoms with Gasteiger partial charge in [-0.15, -0.1) is 0 Å². The minimum absolute atomic E-state index is 0.556. The van der Waals surface area contributed by atoms with Gasteiger partial charge in [0.05, 0.1) is 0 Å². The predicted octanol–water partition coefficient (Wildman–Crippen LogP) is 6.10. The van der Waals surface area contributed by atoms with Gasteiger partial charge >= 0.3 is 0 Å². The van der Waals surface area contributed by atoms with Gasteiger partial charge < -0.3 is 4.90 Å². The maximum absolute atomic E-state index is 2.53. The minimum atomic E-state index is 0.556. The summed E-state index contributed by atoms with van der Waals surface area (Å²) in [6.07, 6.45) is 2.14. The summed E-state index contributed by atoms with van der Waals surface area (Å²) in [6.45, 7) is 6.60. The molecule has 0 saturated heterocycles. The Balaban J connectivity index is 1.75. The molecule has 0 spiro atoms. The summed E-state index contributed by atoms with van der Waals surface area (Å²) in [7, 11) is 0. The van der Waals surface area contributed by atoms with Crippen molar-refractivity contribution >= 4 is 5.69 Å². The first kappa shape index (κ1) is 18.3. The molecule has 0 N–H and O–H groups in total. The van der Waals surface area contributed by atoms with E-state index in [0.29, 0.717) is 5.92 Å². The minimum Gasteiger partial charge on any atom is -0.371 e. The van der Waals surface area contributed by atoms with Gasteiger partial charge in [0, 0.05) is 18.8 Å². The van der Waals surface area contributed by atoms with Gasteiger partial charge in [-0.05, 0) is 47.6 Å². The maximum Gasteiger partial charge on any atom is 0.0369 e. The first-order valence-corrected chi connectivity index (χ1v) is 9.65. The molecule has 0 saturated carbocycles. The topological polar surface area (TPSA) is 3.24 Å². The Labute approximate surface area is 158 Å². The van der Waals surface area contributed by atoms with Crippen molar-refractivity contribution in [1.29, 1.82) is 0 Å². The monoisotopic (exact) mass is 343 g/mol. The molecule has 134 valence electrons. The van der Waals surface area contributed by atoms with Crippen LogP contribution in [0, 0.1) is 0 Å². The summed E-state index contributed by atoms with van der Waals surface area (Å²) >= 11 is 0. The normalized spacial score (nSPS) is 10.9. The van der Waals surface area contributed by atoms with Crippen molar-refractivity contribution in [3.05, 3.63) is 102 Å². The molecule has 1 nitrogen and oxygen atoms in total. The Morgan fingerprint density at radius 2 is 1.19 bits per heavy atom. The van der Waals surface area contributed by atoms with Crippen LogP contribution in [0.2, 0.25) is 0 Å². The molecule has 1 heteroatoms. The molecule has 0 radical (unpaired) electrons. The molecule has 0 aliphatic carbocycles. The van der Waals surface area contributed by atoms with E-state index in [9.17, 15) is 0 Å². The largest absolute Gasteiger partial charge is 0.371 e. The molecule has 0 atom stereocenters. The third kappa shape index (κ3) is 5.23. The Bertz CT molecular complexity index is 734. The van der Waals surface area contributed by atoms with Crippen LogP contribution >= 0.6 is 0 Å². The Kier molecular flexibility index (Phi) is 6.49. The second-order valence-electron chi connectivity index (χ2n) is 7.21. The molecule has 0 aromatic heterocycles. The zero-order chi connectivity index (χ0) is 18.2. The summed E-state index contributed by atoms with van der Waals surface area (Å²) in [5.41, 5.74) is 5.55. The summed E-state index contributed by atoms with van der Waals surface area (Å²) < 4.78 is 0. The Hall–Kier alpha value is -2.54. The van der Waals surface area contributed by atoms with Crippen molar-refractivity contribution in [3.8, 4) is 0 Å². The molecule has 0 amide bonds. The van der Waals surface area contributed by atoms with E-state index in [1.165, 1.54) is 22.4 Å². The second kappa shape index (κ2) is 9.24. The average Bonchev–Trinajstić information content (AvgIpc) is 2.69. The van der Waals surface area contributed by atoms with Crippen LogP contribution in [-0.2, 0) is 12.8 Å². The van der Waals surface area contributed by atoms with E-state index >= 15 is 0 Å². The first-order valence-electron chi connectivity index (χ1n) is 9.65. The van der Waals surface area contributed by atoms with Crippen LogP contribution in [0.5, 0.6) is 0 Å². The fourth-order valence-corrected chi connectivity index (χ4v) is 3.27. The van der Waals surface area contributed by atoms with Gasteiger partial charge in [0.25, 0.3) is 0 Å². The van der Waals surface area contributed by atoms with Crippen LogP contribution in [0.15, 0.2) is 84.9 Å². The van der Waals surface area contributed by atoms with E-state index in [0.717, 1.165) is 25.9 Å². The summed E-state index contributed by atoms with van der Waals surface area (Å²) in [5, 5.41) is 0. The molecule has 0 aliphatic rings. The van der Waals surface area contributed by atoms with Crippen LogP contribution < -0.4 is 4.90 Å². The summed E-state index contributed by atoms with van der Waals surface area (Å²) in [4.78, 5) is 2.53. The Morgan fingerprint density at radius 3 is 1.69 bits per heavy atom. The number of hydrogen-bond acceptors (Lipinski definition) is 1. The molecule has 0 fully saturated rings. The molecular weight excluding hydrogens is 314 g/mol. The van der Waals surface area contributed by atoms with Gasteiger partial charge in [-0.2, -0.15) is 0 Å². The van der Waals surface area contributed by atoms with Gasteiger partial charge in [-0.1, -0.05) is 86.6 Å². The smallest absolute Gasteiger partial charge is 0.0369 e. The highest BCUT2D eigenvalue weighted by Crippen LogP contribution is 2.22. The fraction of sp³-hybridized carbons (Fsp3) is 0.280. The second-order valence-corrected chi connectivity index (χ2v) is 7.21. The van der Waals surface area contributed by atoms with Gasteiger partial charge in [-0.3, -0.25) is 0 Å². The van der Waals surface area contributed by atoms with Crippen molar-refractivity contribution in [2.24, 2.45) is 0 Å². The highest BCUT2D eigenvalue weighted by Gasteiger charge is 2.09. The van der Waals surface area contributed by atoms with E-state index in [2.05, 4.69) is 104 Å². The number of benzene rings is 3. The van der Waals surface area contributed by atoms with Crippen molar-refractivity contribution < 1.29 is 0 Å². The number of anilines is 1. The lowest BCUT2D eigenvalue weighted by Crippen LogP contribution is -2.28. The van der Waals surface area contributed by atoms with Crippen LogP contribution in [0.3, 0.4) is 0 Å². The van der Waals surface area contributed by atoms with Crippen molar-refractivity contribution in [3.63, 3.8) is 0 Å². The van der Waals surface area contributed by atoms with Crippen LogP contribution in [-0.4, -0.2) is 13.1 Å². The van der Waals surface area contributed by atoms with Crippen LogP contribution in [0.1, 0.15) is 36.5 Å². The van der Waals surface area contributed by atoms with Gasteiger partial charge in [0.2, 0.25) is 0 Å². The van der Waals surface area contributed by atoms with Crippen molar-refractivity contribution in [2.75, 3.05) is 18.0 Å². The van der Waals surface area contributed by atoms with E-state index in [1.54, 1.807) is 0 Å². The summed E-state index contributed by atoms with van der Waals surface area (Å²) in [6, 6.07) is 30.6. The molecule has 0 aliphatic heterocycles. The molecule has 0 unspecified atom stereocenters. The molecule has 3 aromatic carbocycles. The lowest BCUT2D eigenvalue weighted by atomic mass is 10.0. The predicted molar refractivity (Wildman–Crippen MR) is 113 cm³/mol. The average molecular weight is 344 g/mol. The SMILES string of the molecule is CC(C)c1cccc(N(CCc2ccccc2)CCc2ccccc2)c1. The van der Waals surface area contributed by atoms with Gasteiger partial charge in [0.1, 0.15) is 0 Å². The fourth-order valence-electron chi connectivity index (χ4n) is 3.27. The molecular formula is C25H29N. The van der Waals surface area contributed by atoms with Gasteiger partial charge in [-0.25, -0.2) is 0 Å². The third-order valence-electron chi connectivity index (χ3n) is 4.93. The van der Waals surface area contributed by atoms with E-state index < -0.39 is 0 Å². The van der Waals surface area contributed by atoms with Crippen LogP contribution in [0.4, 0.5) is 5.69 Å². The highest BCUT2D eigenvalue weighted by molar-refractivity contribution is 5.49. The lowest BCUT2D eigenvalue weighted by molar-refractivity contribution is 0.766. The number of hydrogen-bond donors (Lipinski definition) is 0. The molecule has 0 bridgehead atoms. The maximum atomic E-state index is 2.53. The highest BCUT2D eigenvalue weighted by atomic mass is 15.1. The van der Waals surface area contributed by atoms with E-state index in [1.807, 2.05) is 0 Å². The van der Waals surface area contributed by atoms with Crippen molar-refractivity contribution in [2.45, 2.75) is 32.6 Å².